The summed E-state index contributed by atoms with van der Waals surface area (Å²) in [5, 5.41) is 28.0. The SMILES string of the molecule is O=C(O)CN[C@@H](CSCCCO)C(=O)O. The van der Waals surface area contributed by atoms with Crippen LogP contribution in [0.5, 0.6) is 0 Å². The second-order valence-electron chi connectivity index (χ2n) is 2.82. The van der Waals surface area contributed by atoms with Crippen molar-refractivity contribution in [3.05, 3.63) is 0 Å². The molecule has 0 aromatic rings. The Kier molecular flexibility index (Phi) is 8.06. The molecule has 0 amide bonds. The Morgan fingerprint density at radius 3 is 2.47 bits per heavy atom. The lowest BCUT2D eigenvalue weighted by Gasteiger charge is -2.12. The average Bonchev–Trinajstić information content (AvgIpc) is 2.15. The molecular weight excluding hydrogens is 222 g/mol. The summed E-state index contributed by atoms with van der Waals surface area (Å²) in [6, 6.07) is -0.857. The van der Waals surface area contributed by atoms with Gasteiger partial charge in [0.25, 0.3) is 0 Å². The van der Waals surface area contributed by atoms with Crippen molar-refractivity contribution >= 4 is 23.7 Å². The number of aliphatic carboxylic acids is 2. The second-order valence-corrected chi connectivity index (χ2v) is 3.97. The van der Waals surface area contributed by atoms with Gasteiger partial charge in [0.1, 0.15) is 6.04 Å². The van der Waals surface area contributed by atoms with Gasteiger partial charge in [0.2, 0.25) is 0 Å². The predicted molar refractivity (Wildman–Crippen MR) is 56.1 cm³/mol. The Morgan fingerprint density at radius 1 is 1.33 bits per heavy atom. The normalized spacial score (nSPS) is 12.3. The van der Waals surface area contributed by atoms with E-state index in [1.54, 1.807) is 0 Å². The number of aliphatic hydroxyl groups excluding tert-OH is 1. The predicted octanol–water partition coefficient (Wildman–Crippen LogP) is -0.771. The van der Waals surface area contributed by atoms with Crippen LogP contribution in [0.1, 0.15) is 6.42 Å². The third-order valence-electron chi connectivity index (χ3n) is 1.53. The van der Waals surface area contributed by atoms with Crippen molar-refractivity contribution in [2.75, 3.05) is 24.7 Å². The molecule has 4 N–H and O–H groups in total. The van der Waals surface area contributed by atoms with E-state index < -0.39 is 18.0 Å². The van der Waals surface area contributed by atoms with E-state index >= 15 is 0 Å². The molecule has 7 heteroatoms. The summed E-state index contributed by atoms with van der Waals surface area (Å²) in [4.78, 5) is 20.9. The van der Waals surface area contributed by atoms with Gasteiger partial charge in [-0.25, -0.2) is 0 Å². The third kappa shape index (κ3) is 8.22. The van der Waals surface area contributed by atoms with Crippen LogP contribution < -0.4 is 5.32 Å². The molecule has 88 valence electrons. The van der Waals surface area contributed by atoms with Gasteiger partial charge in [0.05, 0.1) is 6.54 Å². The fraction of sp³-hybridized carbons (Fsp3) is 0.750. The minimum atomic E-state index is -1.08. The average molecular weight is 237 g/mol. The van der Waals surface area contributed by atoms with Crippen molar-refractivity contribution in [1.29, 1.82) is 0 Å². The van der Waals surface area contributed by atoms with E-state index in [1.165, 1.54) is 11.8 Å². The van der Waals surface area contributed by atoms with E-state index in [2.05, 4.69) is 5.32 Å². The van der Waals surface area contributed by atoms with Crippen LogP contribution in [0.2, 0.25) is 0 Å². The lowest BCUT2D eigenvalue weighted by Crippen LogP contribution is -2.41. The van der Waals surface area contributed by atoms with Gasteiger partial charge < -0.3 is 15.3 Å². The van der Waals surface area contributed by atoms with Gasteiger partial charge in [-0.15, -0.1) is 0 Å². The zero-order valence-electron chi connectivity index (χ0n) is 8.18. The molecule has 0 fully saturated rings. The minimum absolute atomic E-state index is 0.0767. The topological polar surface area (TPSA) is 107 Å². The maximum Gasteiger partial charge on any atom is 0.321 e. The molecule has 0 saturated heterocycles. The van der Waals surface area contributed by atoms with E-state index in [0.29, 0.717) is 17.9 Å². The van der Waals surface area contributed by atoms with Crippen LogP contribution >= 0.6 is 11.8 Å². The van der Waals surface area contributed by atoms with Crippen molar-refractivity contribution in [1.82, 2.24) is 5.32 Å². The Morgan fingerprint density at radius 2 is 2.00 bits per heavy atom. The van der Waals surface area contributed by atoms with E-state index in [4.69, 9.17) is 15.3 Å². The molecule has 0 spiro atoms. The van der Waals surface area contributed by atoms with Gasteiger partial charge in [0, 0.05) is 12.4 Å². The van der Waals surface area contributed by atoms with Gasteiger partial charge in [-0.1, -0.05) is 0 Å². The second kappa shape index (κ2) is 8.51. The third-order valence-corrected chi connectivity index (χ3v) is 2.68. The Labute approximate surface area is 91.7 Å². The number of carbonyl (C=O) groups is 2. The maximum atomic E-state index is 10.7. The van der Waals surface area contributed by atoms with Gasteiger partial charge in [-0.05, 0) is 12.2 Å². The summed E-state index contributed by atoms with van der Waals surface area (Å²) in [7, 11) is 0. The lowest BCUT2D eigenvalue weighted by atomic mass is 10.3. The lowest BCUT2D eigenvalue weighted by molar-refractivity contribution is -0.139. The molecule has 15 heavy (non-hydrogen) atoms. The summed E-state index contributed by atoms with van der Waals surface area (Å²) < 4.78 is 0. The van der Waals surface area contributed by atoms with E-state index in [9.17, 15) is 9.59 Å². The summed E-state index contributed by atoms with van der Waals surface area (Å²) in [5.74, 6) is -1.19. The smallest absolute Gasteiger partial charge is 0.321 e. The number of aliphatic hydroxyl groups is 1. The van der Waals surface area contributed by atoms with Gasteiger partial charge in [-0.2, -0.15) is 11.8 Å². The highest BCUT2D eigenvalue weighted by molar-refractivity contribution is 7.99. The monoisotopic (exact) mass is 237 g/mol. The van der Waals surface area contributed by atoms with Gasteiger partial charge in [-0.3, -0.25) is 14.9 Å². The standard InChI is InChI=1S/C8H15NO5S/c10-2-1-3-15-5-6(8(13)14)9-4-7(11)12/h6,9-10H,1-5H2,(H,11,12)(H,13,14)/t6-/m0/s1. The first-order chi connectivity index (χ1) is 7.07. The Bertz CT molecular complexity index is 211. The highest BCUT2D eigenvalue weighted by atomic mass is 32.2. The fourth-order valence-corrected chi connectivity index (χ4v) is 1.79. The fourth-order valence-electron chi connectivity index (χ4n) is 0.796. The first kappa shape index (κ1) is 14.2. The van der Waals surface area contributed by atoms with Gasteiger partial charge in [0.15, 0.2) is 0 Å². The zero-order valence-corrected chi connectivity index (χ0v) is 9.00. The van der Waals surface area contributed by atoms with Crippen molar-refractivity contribution in [2.45, 2.75) is 12.5 Å². The molecule has 0 saturated carbocycles. The van der Waals surface area contributed by atoms with Crippen LogP contribution in [0.15, 0.2) is 0 Å². The first-order valence-corrected chi connectivity index (χ1v) is 5.60. The van der Waals surface area contributed by atoms with Crippen molar-refractivity contribution in [3.8, 4) is 0 Å². The van der Waals surface area contributed by atoms with Crippen molar-refractivity contribution < 1.29 is 24.9 Å². The number of nitrogens with one attached hydrogen (secondary N) is 1. The van der Waals surface area contributed by atoms with E-state index in [1.807, 2.05) is 0 Å². The minimum Gasteiger partial charge on any atom is -0.480 e. The highest BCUT2D eigenvalue weighted by Crippen LogP contribution is 2.04. The molecule has 0 aliphatic heterocycles. The molecule has 0 unspecified atom stereocenters. The Hall–Kier alpha value is -0.790. The molecule has 6 nitrogen and oxygen atoms in total. The molecule has 0 aromatic carbocycles. The molecule has 0 aliphatic rings. The zero-order chi connectivity index (χ0) is 11.7. The first-order valence-electron chi connectivity index (χ1n) is 4.44. The summed E-state index contributed by atoms with van der Waals surface area (Å²) in [6.45, 7) is -0.287. The van der Waals surface area contributed by atoms with Crippen LogP contribution in [0, 0.1) is 0 Å². The number of hydrogen-bond acceptors (Lipinski definition) is 5. The molecule has 0 aliphatic carbocycles. The number of rotatable bonds is 9. The number of hydrogen-bond donors (Lipinski definition) is 4. The quantitative estimate of drug-likeness (QED) is 0.390. The van der Waals surface area contributed by atoms with Crippen LogP contribution in [0.3, 0.4) is 0 Å². The number of carboxylic acids is 2. The molecule has 0 rings (SSSR count). The molecule has 1 atom stereocenters. The number of thioether (sulfide) groups is 1. The molecule has 0 radical (unpaired) electrons. The highest BCUT2D eigenvalue weighted by Gasteiger charge is 2.17. The van der Waals surface area contributed by atoms with Gasteiger partial charge >= 0.3 is 11.9 Å². The molecule has 0 aromatic heterocycles. The van der Waals surface area contributed by atoms with Crippen molar-refractivity contribution in [2.24, 2.45) is 0 Å². The molecular formula is C8H15NO5S. The largest absolute Gasteiger partial charge is 0.480 e. The molecule has 0 heterocycles. The summed E-state index contributed by atoms with van der Waals surface area (Å²) >= 11 is 1.37. The summed E-state index contributed by atoms with van der Waals surface area (Å²) in [6.07, 6.45) is 0.607. The van der Waals surface area contributed by atoms with Crippen LogP contribution in [0.4, 0.5) is 0 Å². The van der Waals surface area contributed by atoms with Crippen LogP contribution in [-0.2, 0) is 9.59 Å². The Balaban J connectivity index is 3.73. The van der Waals surface area contributed by atoms with Crippen LogP contribution in [-0.4, -0.2) is 58.0 Å². The summed E-state index contributed by atoms with van der Waals surface area (Å²) in [5.41, 5.74) is 0. The van der Waals surface area contributed by atoms with E-state index in [0.717, 1.165) is 0 Å². The van der Waals surface area contributed by atoms with E-state index in [-0.39, 0.29) is 13.2 Å². The van der Waals surface area contributed by atoms with Crippen molar-refractivity contribution in [3.63, 3.8) is 0 Å². The van der Waals surface area contributed by atoms with Crippen LogP contribution in [0.25, 0.3) is 0 Å². The molecule has 0 bridgehead atoms. The maximum absolute atomic E-state index is 10.7. The number of carboxylic acid groups (broad SMARTS) is 2.